The van der Waals surface area contributed by atoms with Crippen LogP contribution in [0.2, 0.25) is 0 Å². The average Bonchev–Trinajstić information content (AvgIpc) is 3.01. The molecule has 0 aliphatic heterocycles. The molecule has 0 aliphatic carbocycles. The monoisotopic (exact) mass is 689 g/mol. The van der Waals surface area contributed by atoms with Gasteiger partial charge >= 0.3 is 12.1 Å². The molecule has 0 saturated heterocycles. The van der Waals surface area contributed by atoms with Gasteiger partial charge in [-0.25, -0.2) is 9.59 Å². The predicted molar refractivity (Wildman–Crippen MR) is 190 cm³/mol. The summed E-state index contributed by atoms with van der Waals surface area (Å²) in [5, 5.41) is 25.8. The molecule has 4 N–H and O–H groups in total. The van der Waals surface area contributed by atoms with Gasteiger partial charge in [0.25, 0.3) is 0 Å². The van der Waals surface area contributed by atoms with Crippen molar-refractivity contribution in [1.82, 2.24) is 15.5 Å². The number of carbonyl (C=O) groups excluding carboxylic acids is 4. The number of carbonyl (C=O) groups is 4. The lowest BCUT2D eigenvalue weighted by Gasteiger charge is -2.35. The Morgan fingerprint density at radius 3 is 1.90 bits per heavy atom. The Bertz CT molecular complexity index is 1610. The Labute approximate surface area is 295 Å². The average molecular weight is 690 g/mol. The van der Waals surface area contributed by atoms with Gasteiger partial charge < -0.3 is 35.2 Å². The summed E-state index contributed by atoms with van der Waals surface area (Å²) in [5.41, 5.74) is 0.623. The van der Waals surface area contributed by atoms with Gasteiger partial charge in [0.1, 0.15) is 40.8 Å². The van der Waals surface area contributed by atoms with Crippen LogP contribution in [0.25, 0.3) is 0 Å². The molecule has 3 unspecified atom stereocenters. The SMILES string of the molecule is CCCN(C(=O)C(Cc1ccc(O)cc1)NC(=O)OC(C)(C)C)C(C(=O)NC(Cc1ccccc1)C(=O)OC(C)(C)C)c1ccc(O)c(C)c1. The maximum absolute atomic E-state index is 14.7. The standard InChI is InChI=1S/C39H51N3O8/c1-9-21-42(35(46)30(41-37(48)50-39(6,7)8)23-27-15-18-29(43)19-16-27)33(28-17-20-32(44)25(2)22-28)34(45)40-31(36(47)49-38(3,4)5)24-26-13-11-10-12-14-26/h10-20,22,30-31,33,43-44H,9,21,23-24H2,1-8H3,(H,40,45)(H,41,48). The van der Waals surface area contributed by atoms with Crippen molar-refractivity contribution in [3.05, 3.63) is 95.1 Å². The smallest absolute Gasteiger partial charge is 0.408 e. The molecule has 11 heteroatoms. The van der Waals surface area contributed by atoms with Gasteiger partial charge in [0.15, 0.2) is 0 Å². The van der Waals surface area contributed by atoms with Crippen molar-refractivity contribution >= 4 is 23.9 Å². The molecule has 0 aromatic heterocycles. The van der Waals surface area contributed by atoms with E-state index < -0.39 is 53.2 Å². The third kappa shape index (κ3) is 12.1. The molecule has 0 bridgehead atoms. The van der Waals surface area contributed by atoms with Gasteiger partial charge in [-0.3, -0.25) is 9.59 Å². The van der Waals surface area contributed by atoms with Crippen LogP contribution in [0.5, 0.6) is 11.5 Å². The van der Waals surface area contributed by atoms with Crippen LogP contribution in [-0.2, 0) is 36.7 Å². The molecule has 0 heterocycles. The molecule has 3 atom stereocenters. The summed E-state index contributed by atoms with van der Waals surface area (Å²) < 4.78 is 11.2. The van der Waals surface area contributed by atoms with Gasteiger partial charge in [-0.2, -0.15) is 0 Å². The molecule has 0 aliphatic rings. The Hall–Kier alpha value is -5.06. The zero-order chi connectivity index (χ0) is 37.2. The van der Waals surface area contributed by atoms with E-state index in [1.54, 1.807) is 72.7 Å². The summed E-state index contributed by atoms with van der Waals surface area (Å²) in [6, 6.07) is 16.5. The van der Waals surface area contributed by atoms with E-state index in [-0.39, 0.29) is 30.9 Å². The molecule has 50 heavy (non-hydrogen) atoms. The normalized spacial score (nSPS) is 13.4. The summed E-state index contributed by atoms with van der Waals surface area (Å²) in [6.45, 7) is 14.0. The maximum Gasteiger partial charge on any atom is 0.408 e. The number of alkyl carbamates (subject to hydrolysis) is 1. The number of hydrogen-bond acceptors (Lipinski definition) is 8. The fraction of sp³-hybridized carbons (Fsp3) is 0.436. The first-order chi connectivity index (χ1) is 23.4. The number of rotatable bonds is 13. The number of ether oxygens (including phenoxy) is 2. The molecular weight excluding hydrogens is 638 g/mol. The number of nitrogens with one attached hydrogen (secondary N) is 2. The van der Waals surface area contributed by atoms with Crippen molar-refractivity contribution in [2.24, 2.45) is 0 Å². The van der Waals surface area contributed by atoms with E-state index in [4.69, 9.17) is 9.47 Å². The highest BCUT2D eigenvalue weighted by Crippen LogP contribution is 2.28. The number of benzene rings is 3. The van der Waals surface area contributed by atoms with Crippen LogP contribution in [0.4, 0.5) is 4.79 Å². The molecule has 11 nitrogen and oxygen atoms in total. The number of nitrogens with zero attached hydrogens (tertiary/aromatic N) is 1. The maximum atomic E-state index is 14.7. The minimum absolute atomic E-state index is 0.00813. The van der Waals surface area contributed by atoms with E-state index in [0.29, 0.717) is 23.1 Å². The number of amides is 3. The number of esters is 1. The van der Waals surface area contributed by atoms with Crippen LogP contribution in [0.15, 0.2) is 72.8 Å². The minimum Gasteiger partial charge on any atom is -0.508 e. The van der Waals surface area contributed by atoms with E-state index in [1.807, 2.05) is 37.3 Å². The van der Waals surface area contributed by atoms with E-state index >= 15 is 0 Å². The molecule has 0 fully saturated rings. The van der Waals surface area contributed by atoms with E-state index in [9.17, 15) is 29.4 Å². The van der Waals surface area contributed by atoms with Gasteiger partial charge in [0.05, 0.1) is 0 Å². The fourth-order valence-electron chi connectivity index (χ4n) is 5.31. The first kappa shape index (κ1) is 39.4. The third-order valence-electron chi connectivity index (χ3n) is 7.50. The lowest BCUT2D eigenvalue weighted by Crippen LogP contribution is -2.55. The summed E-state index contributed by atoms with van der Waals surface area (Å²) in [5.74, 6) is -1.81. The van der Waals surface area contributed by atoms with Crippen LogP contribution >= 0.6 is 0 Å². The molecule has 270 valence electrons. The molecule has 3 amide bonds. The van der Waals surface area contributed by atoms with Crippen molar-refractivity contribution in [2.45, 2.75) is 104 Å². The van der Waals surface area contributed by atoms with E-state index in [2.05, 4.69) is 10.6 Å². The number of aromatic hydroxyl groups is 2. The predicted octanol–water partition coefficient (Wildman–Crippen LogP) is 5.89. The summed E-state index contributed by atoms with van der Waals surface area (Å²) in [6.07, 6.45) is -0.213. The molecule has 0 radical (unpaired) electrons. The van der Waals surface area contributed by atoms with Crippen molar-refractivity contribution in [3.8, 4) is 11.5 Å². The van der Waals surface area contributed by atoms with Crippen LogP contribution in [0.1, 0.15) is 83.2 Å². The largest absolute Gasteiger partial charge is 0.508 e. The first-order valence-corrected chi connectivity index (χ1v) is 16.8. The Kier molecular flexibility index (Phi) is 13.4. The molecule has 3 aromatic carbocycles. The number of phenols is 2. The Morgan fingerprint density at radius 2 is 1.34 bits per heavy atom. The Balaban J connectivity index is 2.11. The lowest BCUT2D eigenvalue weighted by atomic mass is 9.97. The number of aryl methyl sites for hydroxylation is 1. The fourth-order valence-corrected chi connectivity index (χ4v) is 5.31. The van der Waals surface area contributed by atoms with E-state index in [1.165, 1.54) is 23.1 Å². The number of phenolic OH excluding ortho intramolecular Hbond substituents is 2. The third-order valence-corrected chi connectivity index (χ3v) is 7.50. The van der Waals surface area contributed by atoms with Gasteiger partial charge in [0.2, 0.25) is 11.8 Å². The molecule has 3 aromatic rings. The summed E-state index contributed by atoms with van der Waals surface area (Å²) in [7, 11) is 0. The first-order valence-electron chi connectivity index (χ1n) is 16.8. The molecular formula is C39H51N3O8. The van der Waals surface area contributed by atoms with E-state index in [0.717, 1.165) is 5.56 Å². The van der Waals surface area contributed by atoms with Gasteiger partial charge in [-0.15, -0.1) is 0 Å². The molecule has 3 rings (SSSR count). The van der Waals surface area contributed by atoms with Crippen LogP contribution in [0, 0.1) is 6.92 Å². The number of hydrogen-bond donors (Lipinski definition) is 4. The van der Waals surface area contributed by atoms with Crippen molar-refractivity contribution < 1.29 is 38.9 Å². The highest BCUT2D eigenvalue weighted by atomic mass is 16.6. The van der Waals surface area contributed by atoms with Gasteiger partial charge in [-0.1, -0.05) is 55.5 Å². The van der Waals surface area contributed by atoms with Crippen molar-refractivity contribution in [1.29, 1.82) is 0 Å². The molecule has 0 saturated carbocycles. The van der Waals surface area contributed by atoms with Crippen molar-refractivity contribution in [2.75, 3.05) is 6.54 Å². The molecule has 0 spiro atoms. The lowest BCUT2D eigenvalue weighted by molar-refractivity contribution is -0.159. The van der Waals surface area contributed by atoms with Crippen LogP contribution in [-0.4, -0.2) is 68.8 Å². The second kappa shape index (κ2) is 17.0. The second-order valence-electron chi connectivity index (χ2n) is 14.3. The van der Waals surface area contributed by atoms with Crippen LogP contribution < -0.4 is 10.6 Å². The zero-order valence-electron chi connectivity index (χ0n) is 30.3. The summed E-state index contributed by atoms with van der Waals surface area (Å²) >= 11 is 0. The summed E-state index contributed by atoms with van der Waals surface area (Å²) in [4.78, 5) is 57.2. The highest BCUT2D eigenvalue weighted by molar-refractivity contribution is 5.94. The Morgan fingerprint density at radius 1 is 0.760 bits per heavy atom. The van der Waals surface area contributed by atoms with Crippen molar-refractivity contribution in [3.63, 3.8) is 0 Å². The minimum atomic E-state index is -1.27. The van der Waals surface area contributed by atoms with Gasteiger partial charge in [-0.05, 0) is 101 Å². The topological polar surface area (TPSA) is 154 Å². The van der Waals surface area contributed by atoms with Gasteiger partial charge in [0, 0.05) is 19.4 Å². The van der Waals surface area contributed by atoms with Crippen LogP contribution in [0.3, 0.4) is 0 Å². The highest BCUT2D eigenvalue weighted by Gasteiger charge is 2.38. The zero-order valence-corrected chi connectivity index (χ0v) is 30.3. The quantitative estimate of drug-likeness (QED) is 0.162. The second-order valence-corrected chi connectivity index (χ2v) is 14.3.